The summed E-state index contributed by atoms with van der Waals surface area (Å²) < 4.78 is 52.2. The molecule has 0 spiro atoms. The maximum absolute atomic E-state index is 13.0. The molecule has 0 aliphatic carbocycles. The average molecular weight is 536 g/mol. The van der Waals surface area contributed by atoms with Crippen LogP contribution in [0.15, 0.2) is 54.6 Å². The van der Waals surface area contributed by atoms with Gasteiger partial charge in [-0.25, -0.2) is 0 Å². The Hall–Kier alpha value is -1.83. The Morgan fingerprint density at radius 1 is 0.838 bits per heavy atom. The van der Waals surface area contributed by atoms with E-state index < -0.39 is 20.1 Å². The van der Waals surface area contributed by atoms with Crippen molar-refractivity contribution in [3.63, 3.8) is 0 Å². The maximum Gasteiger partial charge on any atom is 0.416 e. The van der Waals surface area contributed by atoms with Gasteiger partial charge in [0.2, 0.25) is 0 Å². The molecule has 3 unspecified atom stereocenters. The molecule has 3 rings (SSSR count). The molecule has 1 fully saturated rings. The Balaban J connectivity index is 1.70. The van der Waals surface area contributed by atoms with Crippen molar-refractivity contribution >= 4 is 8.32 Å². The summed E-state index contributed by atoms with van der Waals surface area (Å²) in [6.07, 6.45) is -0.634. The molecule has 1 N–H and O–H groups in total. The minimum absolute atomic E-state index is 0.246. The van der Waals surface area contributed by atoms with Crippen molar-refractivity contribution in [1.29, 1.82) is 0 Å². The van der Waals surface area contributed by atoms with Gasteiger partial charge < -0.3 is 14.5 Å². The normalized spacial score (nSPS) is 20.0. The second-order valence-electron chi connectivity index (χ2n) is 11.4. The monoisotopic (exact) mass is 535 g/mol. The van der Waals surface area contributed by atoms with E-state index in [2.05, 4.69) is 46.9 Å². The highest BCUT2D eigenvalue weighted by molar-refractivity contribution is 6.77. The lowest BCUT2D eigenvalue weighted by atomic mass is 9.93. The van der Waals surface area contributed by atoms with Gasteiger partial charge in [-0.3, -0.25) is 0 Å². The molecule has 1 aliphatic rings. The predicted molar refractivity (Wildman–Crippen MR) is 147 cm³/mol. The van der Waals surface area contributed by atoms with Gasteiger partial charge >= 0.3 is 6.18 Å². The number of hydrogen-bond acceptors (Lipinski definition) is 3. The van der Waals surface area contributed by atoms with Crippen LogP contribution in [0.1, 0.15) is 84.5 Å². The Kier molecular flexibility index (Phi) is 10.3. The lowest BCUT2D eigenvalue weighted by Crippen LogP contribution is -2.52. The van der Waals surface area contributed by atoms with Gasteiger partial charge in [-0.15, -0.1) is 0 Å². The van der Waals surface area contributed by atoms with E-state index in [-0.39, 0.29) is 12.1 Å². The minimum atomic E-state index is -4.36. The fourth-order valence-corrected chi connectivity index (χ4v) is 11.7. The largest absolute Gasteiger partial charge is 0.486 e. The quantitative estimate of drug-likeness (QED) is 0.291. The summed E-state index contributed by atoms with van der Waals surface area (Å²) in [4.78, 5) is 0. The highest BCUT2D eigenvalue weighted by atomic mass is 28.4. The maximum atomic E-state index is 13.0. The van der Waals surface area contributed by atoms with E-state index in [9.17, 15) is 13.2 Å². The fraction of sp³-hybridized carbons (Fsp3) is 0.600. The van der Waals surface area contributed by atoms with E-state index in [1.54, 1.807) is 0 Å². The predicted octanol–water partition coefficient (Wildman–Crippen LogP) is 8.92. The van der Waals surface area contributed by atoms with E-state index in [1.165, 1.54) is 12.1 Å². The van der Waals surface area contributed by atoms with Crippen molar-refractivity contribution in [3.05, 3.63) is 65.7 Å². The van der Waals surface area contributed by atoms with Crippen molar-refractivity contribution in [2.45, 2.75) is 108 Å². The molecule has 0 radical (unpaired) electrons. The summed E-state index contributed by atoms with van der Waals surface area (Å²) in [6.45, 7) is 14.6. The van der Waals surface area contributed by atoms with E-state index in [0.717, 1.165) is 50.0 Å². The summed E-state index contributed by atoms with van der Waals surface area (Å²) in [6, 6.07) is 15.5. The molecule has 1 saturated heterocycles. The Bertz CT molecular complexity index is 926. The first kappa shape index (κ1) is 29.7. The number of piperidine rings is 1. The Morgan fingerprint density at radius 3 is 1.95 bits per heavy atom. The molecule has 2 aromatic carbocycles. The summed E-state index contributed by atoms with van der Waals surface area (Å²) in [5, 5.41) is 3.83. The molecule has 0 bridgehead atoms. The first-order valence-electron chi connectivity index (χ1n) is 13.7. The number of hydrogen-bond donors (Lipinski definition) is 1. The van der Waals surface area contributed by atoms with Crippen LogP contribution in [0.4, 0.5) is 13.2 Å². The van der Waals surface area contributed by atoms with Crippen molar-refractivity contribution in [3.8, 4) is 5.75 Å². The second kappa shape index (κ2) is 12.8. The molecular formula is C30H44F3NO2Si. The van der Waals surface area contributed by atoms with Crippen molar-refractivity contribution in [1.82, 2.24) is 5.32 Å². The van der Waals surface area contributed by atoms with E-state index >= 15 is 0 Å². The van der Waals surface area contributed by atoms with Gasteiger partial charge in [0.1, 0.15) is 11.9 Å². The zero-order valence-corrected chi connectivity index (χ0v) is 24.1. The third-order valence-electron chi connectivity index (χ3n) is 7.95. The summed E-state index contributed by atoms with van der Waals surface area (Å²) in [5.74, 6) is 0.444. The highest BCUT2D eigenvalue weighted by Gasteiger charge is 2.45. The van der Waals surface area contributed by atoms with Gasteiger partial charge in [-0.1, -0.05) is 78.3 Å². The zero-order chi connectivity index (χ0) is 27.2. The van der Waals surface area contributed by atoms with E-state index in [0.29, 0.717) is 28.4 Å². The van der Waals surface area contributed by atoms with E-state index in [1.807, 2.05) is 30.3 Å². The standard InChI is InChI=1S/C30H44F3NO2Si/c1-21(2)37(22(3)4,23(5)6)35-20-27-14-10-13-26(34-27)19-29(24-11-8-7-9-12-24)36-28-17-15-25(16-18-28)30(31,32)33/h7-9,11-12,15-18,21-23,26-27,29,34H,10,13-14,19-20H2,1-6H3. The lowest BCUT2D eigenvalue weighted by molar-refractivity contribution is -0.137. The Morgan fingerprint density at radius 2 is 1.41 bits per heavy atom. The van der Waals surface area contributed by atoms with Crippen molar-refractivity contribution in [2.75, 3.05) is 6.61 Å². The number of rotatable bonds is 11. The van der Waals surface area contributed by atoms with Crippen LogP contribution in [0.2, 0.25) is 16.6 Å². The Labute approximate surface area is 222 Å². The molecule has 1 aliphatic heterocycles. The number of benzene rings is 2. The average Bonchev–Trinajstić information content (AvgIpc) is 2.84. The van der Waals surface area contributed by atoms with Crippen LogP contribution in [-0.2, 0) is 10.6 Å². The van der Waals surface area contributed by atoms with Gasteiger partial charge in [0, 0.05) is 25.1 Å². The van der Waals surface area contributed by atoms with Crippen LogP contribution in [0.25, 0.3) is 0 Å². The van der Waals surface area contributed by atoms with Crippen LogP contribution in [0.3, 0.4) is 0 Å². The van der Waals surface area contributed by atoms with Gasteiger partial charge in [-0.05, 0) is 59.3 Å². The SMILES string of the molecule is CC(C)[Si](OCC1CCCC(CC(Oc2ccc(C(F)(F)F)cc2)c2ccccc2)N1)(C(C)C)C(C)C. The van der Waals surface area contributed by atoms with Gasteiger partial charge in [-0.2, -0.15) is 13.2 Å². The number of ether oxygens (including phenoxy) is 1. The molecule has 37 heavy (non-hydrogen) atoms. The zero-order valence-electron chi connectivity index (χ0n) is 23.1. The molecule has 2 aromatic rings. The van der Waals surface area contributed by atoms with Crippen LogP contribution < -0.4 is 10.1 Å². The number of alkyl halides is 3. The van der Waals surface area contributed by atoms with E-state index in [4.69, 9.17) is 9.16 Å². The molecule has 206 valence electrons. The lowest BCUT2D eigenvalue weighted by Gasteiger charge is -2.44. The van der Waals surface area contributed by atoms with Crippen LogP contribution >= 0.6 is 0 Å². The third-order valence-corrected chi connectivity index (χ3v) is 14.0. The second-order valence-corrected chi connectivity index (χ2v) is 16.9. The number of halogens is 3. The summed E-state index contributed by atoms with van der Waals surface area (Å²) in [5.41, 5.74) is 1.99. The fourth-order valence-electron chi connectivity index (χ4n) is 6.24. The van der Waals surface area contributed by atoms with Gasteiger partial charge in [0.25, 0.3) is 0 Å². The molecular weight excluding hydrogens is 491 g/mol. The molecule has 0 saturated carbocycles. The first-order valence-corrected chi connectivity index (χ1v) is 15.9. The van der Waals surface area contributed by atoms with Crippen LogP contribution in [-0.4, -0.2) is 27.0 Å². The molecule has 1 heterocycles. The highest BCUT2D eigenvalue weighted by Crippen LogP contribution is 2.42. The summed E-state index contributed by atoms with van der Waals surface area (Å²) >= 11 is 0. The first-order chi connectivity index (χ1) is 17.4. The van der Waals surface area contributed by atoms with Crippen LogP contribution in [0.5, 0.6) is 5.75 Å². The summed E-state index contributed by atoms with van der Waals surface area (Å²) in [7, 11) is -1.93. The number of nitrogens with one attached hydrogen (secondary N) is 1. The van der Waals surface area contributed by atoms with Crippen molar-refractivity contribution in [2.24, 2.45) is 0 Å². The van der Waals surface area contributed by atoms with Crippen molar-refractivity contribution < 1.29 is 22.3 Å². The third kappa shape index (κ3) is 7.61. The molecule has 7 heteroatoms. The van der Waals surface area contributed by atoms with Gasteiger partial charge in [0.15, 0.2) is 8.32 Å². The van der Waals surface area contributed by atoms with Crippen LogP contribution in [0, 0.1) is 0 Å². The molecule has 0 amide bonds. The van der Waals surface area contributed by atoms with Gasteiger partial charge in [0.05, 0.1) is 5.56 Å². The molecule has 3 nitrogen and oxygen atoms in total. The minimum Gasteiger partial charge on any atom is -0.486 e. The molecule has 0 aromatic heterocycles. The molecule has 3 atom stereocenters. The topological polar surface area (TPSA) is 30.5 Å². The smallest absolute Gasteiger partial charge is 0.416 e.